The van der Waals surface area contributed by atoms with Gasteiger partial charge in [-0.2, -0.15) is 0 Å². The van der Waals surface area contributed by atoms with Gasteiger partial charge in [0, 0.05) is 0 Å². The van der Waals surface area contributed by atoms with Crippen LogP contribution < -0.4 is 0 Å². The fourth-order valence-corrected chi connectivity index (χ4v) is 0.938. The number of ether oxygens (including phenoxy) is 1. The molecular weight excluding hydrogens is 170 g/mol. The molecule has 3 nitrogen and oxygen atoms in total. The number of rotatable bonds is 3. The van der Waals surface area contributed by atoms with Gasteiger partial charge in [-0.15, -0.1) is 0 Å². The van der Waals surface area contributed by atoms with Gasteiger partial charge in [-0.3, -0.25) is 4.79 Å². The van der Waals surface area contributed by atoms with Gasteiger partial charge < -0.3 is 4.74 Å². The van der Waals surface area contributed by atoms with Gasteiger partial charge in [0.25, 0.3) is 12.2 Å². The van der Waals surface area contributed by atoms with Gasteiger partial charge in [0.1, 0.15) is 16.2 Å². The monoisotopic (exact) mass is 186 g/mol. The van der Waals surface area contributed by atoms with E-state index in [1.54, 1.807) is 6.92 Å². The Morgan fingerprint density at radius 1 is 1.50 bits per heavy atom. The molecule has 0 aromatic carbocycles. The Morgan fingerprint density at radius 2 is 2.00 bits per heavy atom. The summed E-state index contributed by atoms with van der Waals surface area (Å²) in [4.78, 5) is 14.8. The van der Waals surface area contributed by atoms with Gasteiger partial charge in [-0.1, -0.05) is 4.85 Å². The van der Waals surface area contributed by atoms with E-state index in [2.05, 4.69) is 4.85 Å². The minimum atomic E-state index is -0.209. The average Bonchev–Trinajstić information content (AvgIpc) is 2.00. The number of hydrogen-bond acceptors (Lipinski definition) is 2. The van der Waals surface area contributed by atoms with Crippen LogP contribution in [0, 0.1) is 12.5 Å². The molecule has 4 heteroatoms. The van der Waals surface area contributed by atoms with Crippen LogP contribution in [0.3, 0.4) is 0 Å². The molecule has 0 heterocycles. The Labute approximate surface area is 76.3 Å². The van der Waals surface area contributed by atoms with Crippen LogP contribution in [0.15, 0.2) is 0 Å². The molecule has 0 aromatic heterocycles. The Bertz CT molecular complexity index is 198. The molecule has 0 bridgehead atoms. The molecule has 0 fully saturated rings. The van der Waals surface area contributed by atoms with Crippen molar-refractivity contribution in [2.45, 2.75) is 32.5 Å². The number of carbonyl (C=O) groups excluding carboxylic acids is 1. The lowest BCUT2D eigenvalue weighted by molar-refractivity contribution is -0.151. The van der Waals surface area contributed by atoms with E-state index >= 15 is 0 Å². The van der Waals surface area contributed by atoms with Gasteiger partial charge in [-0.05, 0) is 20.8 Å². The minimum Gasteiger partial charge on any atom is -0.463 e. The van der Waals surface area contributed by atoms with Crippen LogP contribution in [0.1, 0.15) is 20.8 Å². The third kappa shape index (κ3) is 3.53. The molecule has 1 unspecified atom stereocenters. The summed E-state index contributed by atoms with van der Waals surface area (Å²) in [7, 11) is 0.779. The second-order valence-electron chi connectivity index (χ2n) is 3.16. The predicted molar refractivity (Wildman–Crippen MR) is 52.4 cm³/mol. The second-order valence-corrected chi connectivity index (χ2v) is 4.35. The van der Waals surface area contributed by atoms with Gasteiger partial charge in [-0.25, -0.2) is 0 Å². The Balaban J connectivity index is 4.03. The van der Waals surface area contributed by atoms with E-state index in [4.69, 9.17) is 11.3 Å². The normalized spacial score (nSPS) is 15.2. The largest absolute Gasteiger partial charge is 0.463 e. The number of carbonyl (C=O) groups is 1. The van der Waals surface area contributed by atoms with Crippen LogP contribution in [0.4, 0.5) is 0 Å². The molecule has 68 valence electrons. The smallest absolute Gasteiger partial charge is 0.316 e. The maximum Gasteiger partial charge on any atom is 0.316 e. The molecule has 0 aliphatic carbocycles. The number of hydrogen-bond donors (Lipinski definition) is 0. The summed E-state index contributed by atoms with van der Waals surface area (Å²) in [6.07, 6.45) is -0.0633. The van der Waals surface area contributed by atoms with Crippen molar-refractivity contribution >= 4 is 16.2 Å². The topological polar surface area (TPSA) is 30.7 Å². The molecule has 0 N–H and O–H groups in total. The maximum atomic E-state index is 11.2. The Hall–Kier alpha value is -0.823. The zero-order valence-electron chi connectivity index (χ0n) is 8.07. The van der Waals surface area contributed by atoms with Gasteiger partial charge in [0.05, 0.1) is 6.10 Å². The molecular formula is C8H16NO2Si+. The van der Waals surface area contributed by atoms with Crippen LogP contribution in [-0.2, 0) is 9.53 Å². The Morgan fingerprint density at radius 3 is 2.33 bits per heavy atom. The second kappa shape index (κ2) is 4.94. The van der Waals surface area contributed by atoms with Crippen LogP contribution in [0.2, 0.25) is 0 Å². The van der Waals surface area contributed by atoms with Crippen molar-refractivity contribution in [1.82, 2.24) is 0 Å². The minimum absolute atomic E-state index is 0.0451. The van der Waals surface area contributed by atoms with Crippen LogP contribution >= 0.6 is 0 Å². The molecule has 0 saturated heterocycles. The Kier molecular flexibility index (Phi) is 4.60. The van der Waals surface area contributed by atoms with Crippen molar-refractivity contribution in [3.8, 4) is 6.57 Å². The summed E-state index contributed by atoms with van der Waals surface area (Å²) in [5.41, 5.74) is -0.0451. The lowest BCUT2D eigenvalue weighted by atomic mass is 10.2. The highest BCUT2D eigenvalue weighted by Gasteiger charge is 2.28. The number of nitrogens with zero attached hydrogens (tertiary/aromatic N) is 1. The van der Waals surface area contributed by atoms with Crippen molar-refractivity contribution in [3.05, 3.63) is 4.85 Å². The third-order valence-electron chi connectivity index (χ3n) is 1.68. The van der Waals surface area contributed by atoms with E-state index in [1.807, 2.05) is 13.8 Å². The first-order valence-electron chi connectivity index (χ1n) is 4.09. The van der Waals surface area contributed by atoms with Crippen molar-refractivity contribution in [2.75, 3.05) is 0 Å². The van der Waals surface area contributed by atoms with E-state index in [1.165, 1.54) is 0 Å². The molecule has 0 radical (unpaired) electrons. The average molecular weight is 186 g/mol. The van der Waals surface area contributed by atoms with Crippen molar-refractivity contribution in [1.29, 1.82) is 0 Å². The quantitative estimate of drug-likeness (QED) is 0.466. The fraction of sp³-hybridized carbons (Fsp3) is 0.750. The first-order valence-corrected chi connectivity index (χ1v) is 5.25. The van der Waals surface area contributed by atoms with Crippen LogP contribution in [0.25, 0.3) is 4.85 Å². The highest BCUT2D eigenvalue weighted by molar-refractivity contribution is 6.14. The van der Waals surface area contributed by atoms with E-state index in [-0.39, 0.29) is 23.7 Å². The molecule has 0 saturated carbocycles. The van der Waals surface area contributed by atoms with Gasteiger partial charge in [0.15, 0.2) is 0 Å². The summed E-state index contributed by atoms with van der Waals surface area (Å²) in [5.74, 6) is -0.414. The lowest BCUT2D eigenvalue weighted by Crippen LogP contribution is -2.27. The SMILES string of the molecule is C#[N+]C([SiH3])[C@@H](C)C(=O)OC(C)C. The highest BCUT2D eigenvalue weighted by Crippen LogP contribution is 2.07. The van der Waals surface area contributed by atoms with Crippen LogP contribution in [0.5, 0.6) is 0 Å². The predicted octanol–water partition coefficient (Wildman–Crippen LogP) is 0.228. The molecule has 12 heavy (non-hydrogen) atoms. The summed E-state index contributed by atoms with van der Waals surface area (Å²) in [6, 6.07) is 0. The van der Waals surface area contributed by atoms with E-state index < -0.39 is 0 Å². The molecule has 0 rings (SSSR count). The van der Waals surface area contributed by atoms with Crippen molar-refractivity contribution in [3.63, 3.8) is 0 Å². The summed E-state index contributed by atoms with van der Waals surface area (Å²) >= 11 is 0. The zero-order valence-corrected chi connectivity index (χ0v) is 10.1. The molecule has 0 aromatic rings. The van der Waals surface area contributed by atoms with Crippen molar-refractivity contribution < 1.29 is 9.53 Å². The third-order valence-corrected chi connectivity index (χ3v) is 2.98. The van der Waals surface area contributed by atoms with Crippen LogP contribution in [-0.4, -0.2) is 28.0 Å². The first-order chi connectivity index (χ1) is 5.49. The van der Waals surface area contributed by atoms with Crippen molar-refractivity contribution in [2.24, 2.45) is 5.92 Å². The number of esters is 1. The summed E-state index contributed by atoms with van der Waals surface area (Å²) in [6.45, 7) is 10.5. The molecule has 0 aliphatic rings. The fourth-order valence-electron chi connectivity index (χ4n) is 0.666. The maximum absolute atomic E-state index is 11.2. The first kappa shape index (κ1) is 11.2. The van der Waals surface area contributed by atoms with E-state index in [0.29, 0.717) is 0 Å². The standard InChI is InChI=1S/C8H16NO2Si/c1-5(2)11-8(10)6(3)7(12)9-4/h4-7H,1-3,12H3/q+1/t6-,7?/m1/s1. The molecule has 2 atom stereocenters. The molecule has 0 amide bonds. The zero-order chi connectivity index (χ0) is 9.72. The van der Waals surface area contributed by atoms with Gasteiger partial charge >= 0.3 is 5.97 Å². The van der Waals surface area contributed by atoms with E-state index in [9.17, 15) is 4.79 Å². The summed E-state index contributed by atoms with van der Waals surface area (Å²) in [5, 5.41) is 0. The van der Waals surface area contributed by atoms with Gasteiger partial charge in [0.2, 0.25) is 0 Å². The van der Waals surface area contributed by atoms with E-state index in [0.717, 1.165) is 10.2 Å². The lowest BCUT2D eigenvalue weighted by Gasteiger charge is -2.11. The highest BCUT2D eigenvalue weighted by atomic mass is 28.1. The molecule has 0 aliphatic heterocycles. The summed E-state index contributed by atoms with van der Waals surface area (Å²) < 4.78 is 5.00. The molecule has 0 spiro atoms.